The average Bonchev–Trinajstić information content (AvgIpc) is 3.05. The van der Waals surface area contributed by atoms with Gasteiger partial charge in [0.15, 0.2) is 5.96 Å². The van der Waals surface area contributed by atoms with Gasteiger partial charge in [-0.15, -0.1) is 35.3 Å². The highest BCUT2D eigenvalue weighted by Gasteiger charge is 2.08. The molecule has 6 heteroatoms. The first-order valence-electron chi connectivity index (χ1n) is 8.34. The fourth-order valence-electron chi connectivity index (χ4n) is 2.11. The van der Waals surface area contributed by atoms with Gasteiger partial charge in [-0.2, -0.15) is 0 Å². The minimum Gasteiger partial charge on any atom is -0.357 e. The van der Waals surface area contributed by atoms with Crippen molar-refractivity contribution in [3.8, 4) is 0 Å². The number of hydrogen-bond acceptors (Lipinski definition) is 3. The second kappa shape index (κ2) is 13.0. The molecule has 2 N–H and O–H groups in total. The van der Waals surface area contributed by atoms with E-state index in [0.29, 0.717) is 12.0 Å². The molecule has 0 spiro atoms. The number of nitrogens with zero attached hydrogens (tertiary/aromatic N) is 2. The van der Waals surface area contributed by atoms with Crippen LogP contribution in [0.1, 0.15) is 44.9 Å². The van der Waals surface area contributed by atoms with Crippen LogP contribution in [0.2, 0.25) is 0 Å². The normalized spacial score (nSPS) is 14.3. The van der Waals surface area contributed by atoms with Gasteiger partial charge in [0.25, 0.3) is 0 Å². The molecule has 0 bridgehead atoms. The molecule has 0 aromatic carbocycles. The van der Waals surface area contributed by atoms with Gasteiger partial charge in [-0.25, -0.2) is 0 Å². The number of nitrogens with one attached hydrogen (secondary N) is 2. The largest absolute Gasteiger partial charge is 0.357 e. The lowest BCUT2D eigenvalue weighted by Crippen LogP contribution is -2.42. The van der Waals surface area contributed by atoms with Crippen LogP contribution < -0.4 is 10.6 Å². The summed E-state index contributed by atoms with van der Waals surface area (Å²) in [6.45, 7) is 12.5. The van der Waals surface area contributed by atoms with Crippen molar-refractivity contribution in [2.45, 2.75) is 46.1 Å². The van der Waals surface area contributed by atoms with Gasteiger partial charge >= 0.3 is 0 Å². The molecule has 1 heterocycles. The Morgan fingerprint density at radius 2 is 2.04 bits per heavy atom. The van der Waals surface area contributed by atoms with Crippen molar-refractivity contribution >= 4 is 41.3 Å². The maximum absolute atomic E-state index is 4.71. The van der Waals surface area contributed by atoms with Gasteiger partial charge in [0.05, 0.1) is 6.54 Å². The van der Waals surface area contributed by atoms with Crippen LogP contribution in [0.15, 0.2) is 22.5 Å². The quantitative estimate of drug-likeness (QED) is 0.341. The fourth-order valence-corrected chi connectivity index (χ4v) is 2.89. The zero-order valence-electron chi connectivity index (χ0n) is 15.1. The van der Waals surface area contributed by atoms with Crippen LogP contribution in [-0.4, -0.2) is 50.1 Å². The van der Waals surface area contributed by atoms with Crippen LogP contribution in [0.25, 0.3) is 0 Å². The van der Waals surface area contributed by atoms with Gasteiger partial charge in [-0.1, -0.05) is 19.9 Å². The van der Waals surface area contributed by atoms with Crippen LogP contribution in [0.4, 0.5) is 0 Å². The maximum atomic E-state index is 4.71. The van der Waals surface area contributed by atoms with E-state index in [4.69, 9.17) is 4.99 Å². The van der Waals surface area contributed by atoms with Crippen molar-refractivity contribution in [3.05, 3.63) is 22.4 Å². The van der Waals surface area contributed by atoms with Gasteiger partial charge in [0, 0.05) is 36.5 Å². The Bertz CT molecular complexity index is 422. The third-order valence-electron chi connectivity index (χ3n) is 4.00. The van der Waals surface area contributed by atoms with E-state index in [-0.39, 0.29) is 24.0 Å². The molecule has 0 saturated carbocycles. The summed E-state index contributed by atoms with van der Waals surface area (Å²) in [6, 6.07) is 4.92. The summed E-state index contributed by atoms with van der Waals surface area (Å²) in [5.74, 6) is 1.39. The molecule has 1 aromatic rings. The minimum absolute atomic E-state index is 0. The van der Waals surface area contributed by atoms with Crippen LogP contribution in [0.3, 0.4) is 0 Å². The molecule has 134 valence electrons. The Kier molecular flexibility index (Phi) is 12.8. The van der Waals surface area contributed by atoms with E-state index in [9.17, 15) is 0 Å². The third kappa shape index (κ3) is 8.91. The van der Waals surface area contributed by atoms with Crippen molar-refractivity contribution in [1.29, 1.82) is 0 Å². The Balaban J connectivity index is 0.00000484. The smallest absolute Gasteiger partial charge is 0.191 e. The molecule has 2 unspecified atom stereocenters. The summed E-state index contributed by atoms with van der Waals surface area (Å²) >= 11 is 1.81. The van der Waals surface area contributed by atoms with Gasteiger partial charge in [-0.3, -0.25) is 4.99 Å². The van der Waals surface area contributed by atoms with Crippen LogP contribution in [-0.2, 0) is 0 Å². The summed E-state index contributed by atoms with van der Waals surface area (Å²) in [7, 11) is 2.18. The highest BCUT2D eigenvalue weighted by molar-refractivity contribution is 14.0. The predicted octanol–water partition coefficient (Wildman–Crippen LogP) is 3.76. The molecule has 0 amide bonds. The zero-order chi connectivity index (χ0) is 16.4. The molecule has 0 aliphatic rings. The SMILES string of the molecule is CCNC(=NCC(C)c1cccs1)NCCN(C)C(C)CC.I. The lowest BCUT2D eigenvalue weighted by atomic mass is 10.1. The molecule has 1 aromatic heterocycles. The number of aliphatic imine (C=N–C) groups is 1. The Hall–Kier alpha value is -0.340. The Labute approximate surface area is 163 Å². The molecule has 23 heavy (non-hydrogen) atoms. The Morgan fingerprint density at radius 3 is 2.61 bits per heavy atom. The second-order valence-electron chi connectivity index (χ2n) is 5.80. The summed E-state index contributed by atoms with van der Waals surface area (Å²) in [4.78, 5) is 8.49. The van der Waals surface area contributed by atoms with Gasteiger partial charge in [0.1, 0.15) is 0 Å². The third-order valence-corrected chi connectivity index (χ3v) is 5.10. The number of rotatable bonds is 9. The molecular formula is C17H33IN4S. The highest BCUT2D eigenvalue weighted by atomic mass is 127. The number of likely N-dealkylation sites (N-methyl/N-ethyl adjacent to an activating group) is 1. The van der Waals surface area contributed by atoms with Gasteiger partial charge < -0.3 is 15.5 Å². The summed E-state index contributed by atoms with van der Waals surface area (Å²) in [5, 5.41) is 8.88. The minimum atomic E-state index is 0. The molecule has 0 fully saturated rings. The fraction of sp³-hybridized carbons (Fsp3) is 0.706. The van der Waals surface area contributed by atoms with Gasteiger partial charge in [-0.05, 0) is 38.8 Å². The number of halogens is 1. The van der Waals surface area contributed by atoms with E-state index in [0.717, 1.165) is 32.1 Å². The standard InChI is InChI=1S/C17H32N4S.HI/c1-6-15(4)21(5)11-10-19-17(18-7-2)20-13-14(3)16-9-8-12-22-16;/h8-9,12,14-15H,6-7,10-11,13H2,1-5H3,(H2,18,19,20);1H. The lowest BCUT2D eigenvalue weighted by Gasteiger charge is -2.24. The first kappa shape index (κ1) is 22.7. The van der Waals surface area contributed by atoms with Crippen LogP contribution in [0.5, 0.6) is 0 Å². The average molecular weight is 452 g/mol. The molecule has 0 aliphatic heterocycles. The van der Waals surface area contributed by atoms with Crippen molar-refractivity contribution in [3.63, 3.8) is 0 Å². The Morgan fingerprint density at radius 1 is 1.30 bits per heavy atom. The molecule has 4 nitrogen and oxygen atoms in total. The molecular weight excluding hydrogens is 419 g/mol. The number of hydrogen-bond donors (Lipinski definition) is 2. The summed E-state index contributed by atoms with van der Waals surface area (Å²) in [6.07, 6.45) is 1.18. The monoisotopic (exact) mass is 452 g/mol. The first-order valence-corrected chi connectivity index (χ1v) is 9.22. The topological polar surface area (TPSA) is 39.7 Å². The zero-order valence-corrected chi connectivity index (χ0v) is 18.3. The van der Waals surface area contributed by atoms with Crippen molar-refractivity contribution in [2.75, 3.05) is 33.2 Å². The van der Waals surface area contributed by atoms with Crippen LogP contribution in [0, 0.1) is 0 Å². The van der Waals surface area contributed by atoms with Crippen molar-refractivity contribution < 1.29 is 0 Å². The van der Waals surface area contributed by atoms with E-state index in [1.807, 2.05) is 0 Å². The van der Waals surface area contributed by atoms with E-state index in [2.05, 4.69) is 67.8 Å². The summed E-state index contributed by atoms with van der Waals surface area (Å²) < 4.78 is 0. The second-order valence-corrected chi connectivity index (χ2v) is 6.78. The van der Waals surface area contributed by atoms with E-state index in [1.165, 1.54) is 11.3 Å². The first-order chi connectivity index (χ1) is 10.6. The number of thiophene rings is 1. The van der Waals surface area contributed by atoms with Gasteiger partial charge in [0.2, 0.25) is 0 Å². The maximum Gasteiger partial charge on any atom is 0.191 e. The van der Waals surface area contributed by atoms with E-state index < -0.39 is 0 Å². The van der Waals surface area contributed by atoms with Crippen molar-refractivity contribution in [2.24, 2.45) is 4.99 Å². The van der Waals surface area contributed by atoms with Crippen molar-refractivity contribution in [1.82, 2.24) is 15.5 Å². The summed E-state index contributed by atoms with van der Waals surface area (Å²) in [5.41, 5.74) is 0. The van der Waals surface area contributed by atoms with Crippen LogP contribution >= 0.6 is 35.3 Å². The number of guanidine groups is 1. The van der Waals surface area contributed by atoms with E-state index in [1.54, 1.807) is 11.3 Å². The molecule has 0 radical (unpaired) electrons. The lowest BCUT2D eigenvalue weighted by molar-refractivity contribution is 0.255. The molecule has 1 rings (SSSR count). The molecule has 0 saturated heterocycles. The predicted molar refractivity (Wildman–Crippen MR) is 115 cm³/mol. The molecule has 2 atom stereocenters. The molecule has 0 aliphatic carbocycles. The van der Waals surface area contributed by atoms with E-state index >= 15 is 0 Å². The highest BCUT2D eigenvalue weighted by Crippen LogP contribution is 2.20.